The first-order valence-electron chi connectivity index (χ1n) is 8.62. The quantitative estimate of drug-likeness (QED) is 0.867. The summed E-state index contributed by atoms with van der Waals surface area (Å²) in [6.07, 6.45) is 2.37. The Kier molecular flexibility index (Phi) is 7.16. The van der Waals surface area contributed by atoms with Gasteiger partial charge in [-0.3, -0.25) is 9.59 Å². The Balaban J connectivity index is 0.00000225. The summed E-state index contributed by atoms with van der Waals surface area (Å²) in [5.41, 5.74) is 6.78. The van der Waals surface area contributed by atoms with Gasteiger partial charge in [0, 0.05) is 37.0 Å². The molecule has 5 nitrogen and oxygen atoms in total. The van der Waals surface area contributed by atoms with E-state index >= 15 is 0 Å². The maximum Gasteiger partial charge on any atom is 0.237 e. The lowest BCUT2D eigenvalue weighted by atomic mass is 9.92. The minimum atomic E-state index is 0. The topological polar surface area (TPSA) is 66.6 Å². The molecule has 2 atom stereocenters. The second-order valence-corrected chi connectivity index (χ2v) is 7.68. The number of carbonyl (C=O) groups is 2. The summed E-state index contributed by atoms with van der Waals surface area (Å²) in [6.45, 7) is 3.95. The second kappa shape index (κ2) is 8.92. The van der Waals surface area contributed by atoms with Gasteiger partial charge in [-0.1, -0.05) is 19.1 Å². The lowest BCUT2D eigenvalue weighted by Crippen LogP contribution is -2.50. The van der Waals surface area contributed by atoms with Crippen molar-refractivity contribution >= 4 is 41.7 Å². The van der Waals surface area contributed by atoms with E-state index in [1.165, 1.54) is 0 Å². The Morgan fingerprint density at radius 3 is 2.88 bits per heavy atom. The van der Waals surface area contributed by atoms with Gasteiger partial charge in [-0.2, -0.15) is 0 Å². The van der Waals surface area contributed by atoms with Crippen molar-refractivity contribution in [2.24, 2.45) is 11.7 Å². The van der Waals surface area contributed by atoms with E-state index in [2.05, 4.69) is 6.92 Å². The molecular formula is C18H26ClN3O2S. The highest BCUT2D eigenvalue weighted by molar-refractivity contribution is 8.00. The zero-order valence-corrected chi connectivity index (χ0v) is 16.2. The van der Waals surface area contributed by atoms with E-state index in [-0.39, 0.29) is 30.3 Å². The van der Waals surface area contributed by atoms with Gasteiger partial charge < -0.3 is 15.5 Å². The summed E-state index contributed by atoms with van der Waals surface area (Å²) >= 11 is 1.56. The Morgan fingerprint density at radius 2 is 2.12 bits per heavy atom. The fourth-order valence-electron chi connectivity index (χ4n) is 3.55. The summed E-state index contributed by atoms with van der Waals surface area (Å²) in [4.78, 5) is 29.7. The van der Waals surface area contributed by atoms with Crippen molar-refractivity contribution in [1.82, 2.24) is 4.90 Å². The van der Waals surface area contributed by atoms with Crippen LogP contribution in [-0.4, -0.2) is 48.1 Å². The van der Waals surface area contributed by atoms with Gasteiger partial charge >= 0.3 is 0 Å². The summed E-state index contributed by atoms with van der Waals surface area (Å²) in [7, 11) is 0. The molecule has 0 saturated carbocycles. The molecule has 3 rings (SSSR count). The molecule has 2 aliphatic heterocycles. The molecule has 1 fully saturated rings. The molecule has 138 valence electrons. The van der Waals surface area contributed by atoms with Crippen molar-refractivity contribution < 1.29 is 9.59 Å². The Morgan fingerprint density at radius 1 is 1.36 bits per heavy atom. The highest BCUT2D eigenvalue weighted by Crippen LogP contribution is 2.35. The predicted octanol–water partition coefficient (Wildman–Crippen LogP) is 2.52. The standard InChI is InChI=1S/C18H25N3O2S.ClH/c1-13-6-8-20(14(10-13)11-19)17(22)7-9-21-15-4-2-3-5-16(15)24-12-18(21)23;/h2-5,13-14H,6-12,19H2,1H3;1H. The molecule has 1 aromatic carbocycles. The van der Waals surface area contributed by atoms with Crippen LogP contribution in [0.25, 0.3) is 0 Å². The summed E-state index contributed by atoms with van der Waals surface area (Å²) in [6, 6.07) is 8.03. The fourth-order valence-corrected chi connectivity index (χ4v) is 4.49. The molecule has 7 heteroatoms. The van der Waals surface area contributed by atoms with Crippen LogP contribution in [0.15, 0.2) is 29.2 Å². The minimum absolute atomic E-state index is 0. The molecule has 2 N–H and O–H groups in total. The van der Waals surface area contributed by atoms with Gasteiger partial charge in [-0.05, 0) is 30.9 Å². The van der Waals surface area contributed by atoms with Gasteiger partial charge in [0.1, 0.15) is 0 Å². The van der Waals surface area contributed by atoms with Crippen LogP contribution in [0.2, 0.25) is 0 Å². The molecule has 0 aromatic heterocycles. The van der Waals surface area contributed by atoms with Gasteiger partial charge in [0.25, 0.3) is 0 Å². The Bertz CT molecular complexity index is 628. The largest absolute Gasteiger partial charge is 0.338 e. The number of amides is 2. The van der Waals surface area contributed by atoms with Crippen molar-refractivity contribution in [3.05, 3.63) is 24.3 Å². The number of anilines is 1. The van der Waals surface area contributed by atoms with Gasteiger partial charge in [0.2, 0.25) is 11.8 Å². The first kappa shape index (κ1) is 20.1. The van der Waals surface area contributed by atoms with Crippen LogP contribution in [-0.2, 0) is 9.59 Å². The van der Waals surface area contributed by atoms with Crippen LogP contribution in [0.5, 0.6) is 0 Å². The lowest BCUT2D eigenvalue weighted by Gasteiger charge is -2.38. The maximum atomic E-state index is 12.7. The number of benzene rings is 1. The van der Waals surface area contributed by atoms with Crippen LogP contribution in [0, 0.1) is 5.92 Å². The number of carbonyl (C=O) groups excluding carboxylic acids is 2. The van der Waals surface area contributed by atoms with E-state index < -0.39 is 0 Å². The third-order valence-corrected chi connectivity index (χ3v) is 5.98. The van der Waals surface area contributed by atoms with E-state index in [1.807, 2.05) is 29.2 Å². The highest BCUT2D eigenvalue weighted by Gasteiger charge is 2.30. The van der Waals surface area contributed by atoms with Crippen molar-refractivity contribution in [3.63, 3.8) is 0 Å². The molecule has 0 spiro atoms. The van der Waals surface area contributed by atoms with Gasteiger partial charge in [-0.15, -0.1) is 24.2 Å². The number of nitrogens with two attached hydrogens (primary N) is 1. The maximum absolute atomic E-state index is 12.7. The molecule has 0 bridgehead atoms. The number of piperidine rings is 1. The smallest absolute Gasteiger partial charge is 0.237 e. The number of hydrogen-bond acceptors (Lipinski definition) is 4. The van der Waals surface area contributed by atoms with Crippen LogP contribution in [0.3, 0.4) is 0 Å². The third-order valence-electron chi connectivity index (χ3n) is 4.93. The molecule has 2 aliphatic rings. The van der Waals surface area contributed by atoms with Gasteiger partial charge in [0.15, 0.2) is 0 Å². The average molecular weight is 384 g/mol. The number of nitrogens with zero attached hydrogens (tertiary/aromatic N) is 2. The number of halogens is 1. The molecule has 2 unspecified atom stereocenters. The first-order chi connectivity index (χ1) is 11.6. The summed E-state index contributed by atoms with van der Waals surface area (Å²) in [5, 5.41) is 0. The number of rotatable bonds is 4. The first-order valence-corrected chi connectivity index (χ1v) is 9.60. The zero-order chi connectivity index (χ0) is 17.1. The van der Waals surface area contributed by atoms with Crippen LogP contribution in [0.4, 0.5) is 5.69 Å². The van der Waals surface area contributed by atoms with E-state index in [0.717, 1.165) is 30.0 Å². The SMILES string of the molecule is CC1CCN(C(=O)CCN2C(=O)CSc3ccccc32)C(CN)C1.Cl. The van der Waals surface area contributed by atoms with Gasteiger partial charge in [-0.25, -0.2) is 0 Å². The highest BCUT2D eigenvalue weighted by atomic mass is 35.5. The molecule has 1 saturated heterocycles. The minimum Gasteiger partial charge on any atom is -0.338 e. The fraction of sp³-hybridized carbons (Fsp3) is 0.556. The number of para-hydroxylation sites is 1. The van der Waals surface area contributed by atoms with Crippen molar-refractivity contribution in [3.8, 4) is 0 Å². The molecule has 2 heterocycles. The van der Waals surface area contributed by atoms with Gasteiger partial charge in [0.05, 0.1) is 11.4 Å². The molecule has 0 aliphatic carbocycles. The van der Waals surface area contributed by atoms with Crippen molar-refractivity contribution in [1.29, 1.82) is 0 Å². The number of thioether (sulfide) groups is 1. The molecule has 2 amide bonds. The number of fused-ring (bicyclic) bond motifs is 1. The van der Waals surface area contributed by atoms with E-state index in [4.69, 9.17) is 5.73 Å². The summed E-state index contributed by atoms with van der Waals surface area (Å²) in [5.74, 6) is 1.25. The van der Waals surface area contributed by atoms with Crippen molar-refractivity contribution in [2.75, 3.05) is 30.3 Å². The molecular weight excluding hydrogens is 358 g/mol. The average Bonchev–Trinajstić information content (AvgIpc) is 2.60. The Labute approximate surface area is 159 Å². The monoisotopic (exact) mass is 383 g/mol. The zero-order valence-electron chi connectivity index (χ0n) is 14.5. The molecule has 25 heavy (non-hydrogen) atoms. The third kappa shape index (κ3) is 4.49. The molecule has 1 aromatic rings. The number of likely N-dealkylation sites (tertiary alicyclic amines) is 1. The van der Waals surface area contributed by atoms with Crippen LogP contribution >= 0.6 is 24.2 Å². The van der Waals surface area contributed by atoms with E-state index in [0.29, 0.717) is 31.2 Å². The van der Waals surface area contributed by atoms with Crippen molar-refractivity contribution in [2.45, 2.75) is 37.1 Å². The molecule has 0 radical (unpaired) electrons. The van der Waals surface area contributed by atoms with Crippen LogP contribution in [0.1, 0.15) is 26.2 Å². The number of hydrogen-bond donors (Lipinski definition) is 1. The summed E-state index contributed by atoms with van der Waals surface area (Å²) < 4.78 is 0. The Hall–Kier alpha value is -1.24. The van der Waals surface area contributed by atoms with Crippen LogP contribution < -0.4 is 10.6 Å². The van der Waals surface area contributed by atoms with E-state index in [9.17, 15) is 9.59 Å². The van der Waals surface area contributed by atoms with E-state index in [1.54, 1.807) is 16.7 Å². The lowest BCUT2D eigenvalue weighted by molar-refractivity contribution is -0.135. The second-order valence-electron chi connectivity index (χ2n) is 6.66. The normalized spacial score (nSPS) is 23.0. The predicted molar refractivity (Wildman–Crippen MR) is 104 cm³/mol.